The molecule has 3 aromatic carbocycles. The summed E-state index contributed by atoms with van der Waals surface area (Å²) in [6.07, 6.45) is 1.59. The lowest BCUT2D eigenvalue weighted by Gasteiger charge is -2.33. The highest BCUT2D eigenvalue weighted by Gasteiger charge is 2.37. The van der Waals surface area contributed by atoms with Crippen molar-refractivity contribution in [1.29, 1.82) is 0 Å². The van der Waals surface area contributed by atoms with Gasteiger partial charge in [-0.05, 0) is 46.1 Å². The lowest BCUT2D eigenvalue weighted by atomic mass is 9.81. The Morgan fingerprint density at radius 2 is 1.44 bits per heavy atom. The number of phenols is 1. The maximum absolute atomic E-state index is 11.7. The van der Waals surface area contributed by atoms with Gasteiger partial charge < -0.3 is 10.2 Å². The van der Waals surface area contributed by atoms with Gasteiger partial charge in [0.05, 0.1) is 10.5 Å². The topological polar surface area (TPSA) is 52.8 Å². The van der Waals surface area contributed by atoms with E-state index in [4.69, 9.17) is 0 Å². The molecule has 27 heavy (non-hydrogen) atoms. The molecular formula is C22H19Br2NO2. The van der Waals surface area contributed by atoms with Crippen LogP contribution in [0.3, 0.4) is 0 Å². The van der Waals surface area contributed by atoms with Gasteiger partial charge in [0.25, 0.3) is 0 Å². The molecule has 0 aliphatic carbocycles. The summed E-state index contributed by atoms with van der Waals surface area (Å²) >= 11 is 6.74. The third-order valence-corrected chi connectivity index (χ3v) is 5.59. The van der Waals surface area contributed by atoms with E-state index >= 15 is 0 Å². The van der Waals surface area contributed by atoms with Crippen LogP contribution < -0.4 is 0 Å². The van der Waals surface area contributed by atoms with Gasteiger partial charge in [0, 0.05) is 16.3 Å². The smallest absolute Gasteiger partial charge is 0.138 e. The quantitative estimate of drug-likeness (QED) is 0.455. The summed E-state index contributed by atoms with van der Waals surface area (Å²) in [6, 6.07) is 22.1. The highest BCUT2D eigenvalue weighted by Crippen LogP contribution is 2.35. The Hall–Kier alpha value is -1.95. The second-order valence-corrected chi connectivity index (χ2v) is 8.05. The number of halogens is 2. The predicted molar refractivity (Wildman–Crippen MR) is 116 cm³/mol. The van der Waals surface area contributed by atoms with Crippen molar-refractivity contribution in [2.24, 2.45) is 4.99 Å². The van der Waals surface area contributed by atoms with Crippen molar-refractivity contribution in [3.05, 3.63) is 98.4 Å². The van der Waals surface area contributed by atoms with Crippen LogP contribution in [-0.4, -0.2) is 22.5 Å². The van der Waals surface area contributed by atoms with E-state index in [2.05, 4.69) is 36.9 Å². The van der Waals surface area contributed by atoms with E-state index in [1.807, 2.05) is 67.6 Å². The summed E-state index contributed by atoms with van der Waals surface area (Å²) in [5, 5.41) is 21.9. The zero-order valence-corrected chi connectivity index (χ0v) is 17.9. The molecule has 0 saturated carbocycles. The van der Waals surface area contributed by atoms with Gasteiger partial charge >= 0.3 is 0 Å². The average molecular weight is 489 g/mol. The van der Waals surface area contributed by atoms with E-state index in [0.717, 1.165) is 15.6 Å². The molecule has 0 saturated heterocycles. The number of hydrogen-bond donors (Lipinski definition) is 2. The van der Waals surface area contributed by atoms with Crippen molar-refractivity contribution in [3.63, 3.8) is 0 Å². The normalized spacial score (nSPS) is 13.0. The first kappa shape index (κ1) is 19.8. The molecule has 0 aliphatic heterocycles. The van der Waals surface area contributed by atoms with E-state index in [1.54, 1.807) is 18.3 Å². The molecule has 5 heteroatoms. The second kappa shape index (κ2) is 8.38. The first-order valence-electron chi connectivity index (χ1n) is 8.47. The van der Waals surface area contributed by atoms with Crippen LogP contribution in [0.2, 0.25) is 0 Å². The Labute approximate surface area is 175 Å². The number of aliphatic imine (C=N–C) groups is 1. The van der Waals surface area contributed by atoms with Gasteiger partial charge in [0.15, 0.2) is 0 Å². The van der Waals surface area contributed by atoms with Crippen molar-refractivity contribution >= 4 is 38.1 Å². The maximum atomic E-state index is 11.7. The zero-order valence-electron chi connectivity index (χ0n) is 14.7. The fourth-order valence-electron chi connectivity index (χ4n) is 3.02. The molecule has 3 aromatic rings. The van der Waals surface area contributed by atoms with Crippen LogP contribution in [0.4, 0.5) is 0 Å². The first-order chi connectivity index (χ1) is 12.9. The highest BCUT2D eigenvalue weighted by molar-refractivity contribution is 9.11. The molecule has 0 radical (unpaired) electrons. The number of nitrogens with zero attached hydrogens (tertiary/aromatic N) is 1. The van der Waals surface area contributed by atoms with Crippen molar-refractivity contribution in [1.82, 2.24) is 0 Å². The van der Waals surface area contributed by atoms with Crippen LogP contribution in [0.25, 0.3) is 0 Å². The third-order valence-electron chi connectivity index (χ3n) is 4.53. The van der Waals surface area contributed by atoms with Crippen LogP contribution in [0.1, 0.15) is 23.6 Å². The minimum atomic E-state index is -1.29. The molecule has 0 bridgehead atoms. The minimum absolute atomic E-state index is 0.108. The number of aliphatic hydroxyl groups is 1. The van der Waals surface area contributed by atoms with Gasteiger partial charge in [0.1, 0.15) is 11.4 Å². The van der Waals surface area contributed by atoms with Gasteiger partial charge in [-0.25, -0.2) is 0 Å². The Morgan fingerprint density at radius 3 is 1.96 bits per heavy atom. The number of benzene rings is 3. The summed E-state index contributed by atoms with van der Waals surface area (Å²) in [5.74, 6) is 0.108. The third kappa shape index (κ3) is 4.15. The predicted octanol–water partition coefficient (Wildman–Crippen LogP) is 5.66. The molecule has 0 amide bonds. The minimum Gasteiger partial charge on any atom is -0.506 e. The van der Waals surface area contributed by atoms with Gasteiger partial charge in [-0.15, -0.1) is 0 Å². The van der Waals surface area contributed by atoms with Crippen molar-refractivity contribution < 1.29 is 10.2 Å². The number of rotatable bonds is 5. The van der Waals surface area contributed by atoms with E-state index < -0.39 is 11.6 Å². The lowest BCUT2D eigenvalue weighted by molar-refractivity contribution is 0.0589. The van der Waals surface area contributed by atoms with Crippen molar-refractivity contribution in [2.75, 3.05) is 0 Å². The fourth-order valence-corrected chi connectivity index (χ4v) is 4.28. The molecule has 1 atom stereocenters. The number of phenolic OH excluding ortho intramolecular Hbond substituents is 1. The molecular weight excluding hydrogens is 470 g/mol. The fraction of sp³-hybridized carbons (Fsp3) is 0.136. The zero-order chi connectivity index (χ0) is 19.4. The van der Waals surface area contributed by atoms with Crippen LogP contribution in [-0.2, 0) is 5.60 Å². The van der Waals surface area contributed by atoms with Gasteiger partial charge in [-0.1, -0.05) is 76.6 Å². The summed E-state index contributed by atoms with van der Waals surface area (Å²) in [6.45, 7) is 1.86. The Morgan fingerprint density at radius 1 is 0.926 bits per heavy atom. The monoisotopic (exact) mass is 487 g/mol. The molecule has 0 heterocycles. The highest BCUT2D eigenvalue weighted by atomic mass is 79.9. The molecule has 0 aliphatic rings. The van der Waals surface area contributed by atoms with Crippen LogP contribution in [0.15, 0.2) is 86.7 Å². The maximum Gasteiger partial charge on any atom is 0.138 e. The average Bonchev–Trinajstić information content (AvgIpc) is 2.70. The van der Waals surface area contributed by atoms with E-state index in [9.17, 15) is 10.2 Å². The molecule has 0 spiro atoms. The molecule has 0 fully saturated rings. The summed E-state index contributed by atoms with van der Waals surface area (Å²) in [4.78, 5) is 4.59. The molecule has 3 rings (SSSR count). The van der Waals surface area contributed by atoms with Gasteiger partial charge in [-0.2, -0.15) is 0 Å². The summed E-state index contributed by atoms with van der Waals surface area (Å²) in [7, 11) is 0. The molecule has 0 aromatic heterocycles. The SMILES string of the molecule is CC(N=Cc1cc(Br)cc(Br)c1O)C(O)(c1ccccc1)c1ccccc1. The first-order valence-corrected chi connectivity index (χ1v) is 10.1. The molecule has 3 nitrogen and oxygen atoms in total. The van der Waals surface area contributed by atoms with Crippen LogP contribution >= 0.6 is 31.9 Å². The van der Waals surface area contributed by atoms with Crippen molar-refractivity contribution in [2.45, 2.75) is 18.6 Å². The Kier molecular flexibility index (Phi) is 6.15. The summed E-state index contributed by atoms with van der Waals surface area (Å²) < 4.78 is 1.40. The lowest BCUT2D eigenvalue weighted by Crippen LogP contribution is -2.38. The van der Waals surface area contributed by atoms with Crippen molar-refractivity contribution in [3.8, 4) is 5.75 Å². The standard InChI is InChI=1S/C22H19Br2NO2/c1-15(25-14-16-12-19(23)13-20(24)21(16)26)22(27,17-8-4-2-5-9-17)18-10-6-3-7-11-18/h2-15,26-27H,1H3. The van der Waals surface area contributed by atoms with E-state index in [-0.39, 0.29) is 5.75 Å². The summed E-state index contributed by atoms with van der Waals surface area (Å²) in [5.41, 5.74) is 0.797. The number of aromatic hydroxyl groups is 1. The Balaban J connectivity index is 2.04. The molecule has 1 unspecified atom stereocenters. The van der Waals surface area contributed by atoms with Crippen LogP contribution in [0.5, 0.6) is 5.75 Å². The van der Waals surface area contributed by atoms with Gasteiger partial charge in [0.2, 0.25) is 0 Å². The molecule has 2 N–H and O–H groups in total. The molecule has 138 valence electrons. The number of hydrogen-bond acceptors (Lipinski definition) is 3. The second-order valence-electron chi connectivity index (χ2n) is 6.28. The Bertz CT molecular complexity index is 904. The van der Waals surface area contributed by atoms with E-state index in [0.29, 0.717) is 10.0 Å². The van der Waals surface area contributed by atoms with E-state index in [1.165, 1.54) is 0 Å². The van der Waals surface area contributed by atoms with Crippen LogP contribution in [0, 0.1) is 0 Å². The largest absolute Gasteiger partial charge is 0.506 e. The van der Waals surface area contributed by atoms with Gasteiger partial charge in [-0.3, -0.25) is 4.99 Å².